The zero-order chi connectivity index (χ0) is 19.3. The van der Waals surface area contributed by atoms with E-state index in [1.807, 2.05) is 0 Å². The summed E-state index contributed by atoms with van der Waals surface area (Å²) < 4.78 is 9.89. The van der Waals surface area contributed by atoms with Crippen LogP contribution in [0.3, 0.4) is 0 Å². The molecule has 0 saturated heterocycles. The Balaban J connectivity index is 1.98. The molecule has 136 valence electrons. The van der Waals surface area contributed by atoms with Crippen LogP contribution >= 0.6 is 11.6 Å². The molecule has 8 nitrogen and oxygen atoms in total. The fourth-order valence-corrected chi connectivity index (χ4v) is 2.18. The number of halogens is 1. The number of anilines is 2. The minimum absolute atomic E-state index is 0.0459. The van der Waals surface area contributed by atoms with Crippen molar-refractivity contribution in [1.29, 1.82) is 0 Å². The van der Waals surface area contributed by atoms with Gasteiger partial charge < -0.3 is 25.6 Å². The third-order valence-electron chi connectivity index (χ3n) is 3.29. The highest BCUT2D eigenvalue weighted by atomic mass is 35.5. The zero-order valence-corrected chi connectivity index (χ0v) is 14.4. The van der Waals surface area contributed by atoms with E-state index in [1.54, 1.807) is 0 Å². The molecule has 2 rings (SSSR count). The van der Waals surface area contributed by atoms with Crippen molar-refractivity contribution < 1.29 is 29.0 Å². The van der Waals surface area contributed by atoms with Crippen molar-refractivity contribution in [2.75, 3.05) is 24.8 Å². The van der Waals surface area contributed by atoms with Crippen molar-refractivity contribution in [3.8, 4) is 5.75 Å². The molecule has 9 heteroatoms. The number of hydrogen-bond donors (Lipinski definition) is 3. The molecule has 0 aliphatic carbocycles. The van der Waals surface area contributed by atoms with Crippen LogP contribution in [0.5, 0.6) is 5.75 Å². The number of nitrogens with one attached hydrogen (secondary N) is 1. The van der Waals surface area contributed by atoms with Gasteiger partial charge in [0.2, 0.25) is 0 Å². The van der Waals surface area contributed by atoms with Crippen LogP contribution in [-0.4, -0.2) is 36.7 Å². The highest BCUT2D eigenvalue weighted by Crippen LogP contribution is 2.24. The van der Waals surface area contributed by atoms with E-state index in [0.717, 1.165) is 0 Å². The molecular weight excluding hydrogens is 364 g/mol. The fraction of sp³-hybridized carbons (Fsp3) is 0.118. The molecule has 2 aromatic rings. The lowest BCUT2D eigenvalue weighted by Gasteiger charge is -2.10. The first-order chi connectivity index (χ1) is 12.3. The van der Waals surface area contributed by atoms with Gasteiger partial charge in [0.15, 0.2) is 6.61 Å². The van der Waals surface area contributed by atoms with Gasteiger partial charge in [-0.25, -0.2) is 9.59 Å². The van der Waals surface area contributed by atoms with Gasteiger partial charge in [-0.1, -0.05) is 11.6 Å². The number of benzene rings is 2. The van der Waals surface area contributed by atoms with Gasteiger partial charge in [0.25, 0.3) is 5.91 Å². The molecule has 26 heavy (non-hydrogen) atoms. The molecule has 0 aromatic heterocycles. The quantitative estimate of drug-likeness (QED) is 0.520. The highest BCUT2D eigenvalue weighted by Gasteiger charge is 2.14. The Kier molecular flexibility index (Phi) is 6.03. The van der Waals surface area contributed by atoms with E-state index >= 15 is 0 Å². The topological polar surface area (TPSA) is 128 Å². The van der Waals surface area contributed by atoms with Crippen LogP contribution in [0, 0.1) is 0 Å². The van der Waals surface area contributed by atoms with E-state index in [4.69, 9.17) is 31.9 Å². The Bertz CT molecular complexity index is 868. The molecule has 0 aliphatic rings. The molecule has 1 amide bonds. The lowest BCUT2D eigenvalue weighted by molar-refractivity contribution is -0.119. The molecule has 0 fully saturated rings. The average Bonchev–Trinajstić information content (AvgIpc) is 2.61. The second kappa shape index (κ2) is 8.21. The van der Waals surface area contributed by atoms with E-state index in [0.29, 0.717) is 5.75 Å². The molecule has 0 spiro atoms. The number of ether oxygens (including phenoxy) is 2. The Morgan fingerprint density at radius 3 is 2.46 bits per heavy atom. The monoisotopic (exact) mass is 378 g/mol. The maximum atomic E-state index is 12.0. The highest BCUT2D eigenvalue weighted by molar-refractivity contribution is 6.33. The van der Waals surface area contributed by atoms with E-state index in [2.05, 4.69) is 5.32 Å². The summed E-state index contributed by atoms with van der Waals surface area (Å²) in [5, 5.41) is 11.5. The normalized spacial score (nSPS) is 10.1. The predicted molar refractivity (Wildman–Crippen MR) is 94.7 cm³/mol. The summed E-state index contributed by atoms with van der Waals surface area (Å²) in [6, 6.07) is 8.16. The number of amides is 1. The molecule has 0 unspecified atom stereocenters. The Labute approximate surface area is 153 Å². The van der Waals surface area contributed by atoms with E-state index in [9.17, 15) is 14.4 Å². The third kappa shape index (κ3) is 4.64. The van der Waals surface area contributed by atoms with Crippen molar-refractivity contribution in [2.45, 2.75) is 0 Å². The first-order valence-electron chi connectivity index (χ1n) is 7.25. The van der Waals surface area contributed by atoms with Crippen molar-refractivity contribution in [1.82, 2.24) is 0 Å². The molecule has 0 atom stereocenters. The van der Waals surface area contributed by atoms with E-state index < -0.39 is 24.5 Å². The van der Waals surface area contributed by atoms with Crippen LogP contribution < -0.4 is 15.8 Å². The molecule has 0 aliphatic heterocycles. The van der Waals surface area contributed by atoms with Gasteiger partial charge in [-0.2, -0.15) is 0 Å². The smallest absolute Gasteiger partial charge is 0.338 e. The molecule has 0 bridgehead atoms. The number of carboxylic acid groups (broad SMARTS) is 1. The number of carbonyl (C=O) groups is 3. The number of carboxylic acids is 1. The number of nitrogen functional groups attached to an aromatic ring is 1. The number of esters is 1. The lowest BCUT2D eigenvalue weighted by Crippen LogP contribution is -2.21. The van der Waals surface area contributed by atoms with Crippen LogP contribution in [0.25, 0.3) is 0 Å². The number of methoxy groups -OCH3 is 1. The second-order valence-electron chi connectivity index (χ2n) is 5.08. The number of aromatic carboxylic acids is 1. The third-order valence-corrected chi connectivity index (χ3v) is 3.62. The molecule has 0 heterocycles. The Hall–Kier alpha value is -3.26. The van der Waals surface area contributed by atoms with Gasteiger partial charge in [-0.05, 0) is 36.4 Å². The van der Waals surface area contributed by atoms with Gasteiger partial charge in [0.05, 0.1) is 34.6 Å². The first-order valence-corrected chi connectivity index (χ1v) is 7.63. The number of nitrogens with two attached hydrogens (primary N) is 1. The van der Waals surface area contributed by atoms with Crippen LogP contribution in [-0.2, 0) is 9.53 Å². The van der Waals surface area contributed by atoms with E-state index in [-0.39, 0.29) is 27.5 Å². The summed E-state index contributed by atoms with van der Waals surface area (Å²) in [4.78, 5) is 34.8. The van der Waals surface area contributed by atoms with Gasteiger partial charge in [0.1, 0.15) is 5.75 Å². The number of carbonyl (C=O) groups excluding carboxylic acids is 2. The summed E-state index contributed by atoms with van der Waals surface area (Å²) in [5.74, 6) is -2.18. The summed E-state index contributed by atoms with van der Waals surface area (Å²) in [6.45, 7) is -0.585. The van der Waals surface area contributed by atoms with Crippen molar-refractivity contribution in [3.63, 3.8) is 0 Å². The number of rotatable bonds is 6. The summed E-state index contributed by atoms with van der Waals surface area (Å²) in [7, 11) is 1.44. The van der Waals surface area contributed by atoms with Gasteiger partial charge >= 0.3 is 11.9 Å². The predicted octanol–water partition coefficient (Wildman–Crippen LogP) is 2.42. The first kappa shape index (κ1) is 19.1. The minimum atomic E-state index is -1.17. The zero-order valence-electron chi connectivity index (χ0n) is 13.6. The van der Waals surface area contributed by atoms with Crippen LogP contribution in [0.4, 0.5) is 11.4 Å². The lowest BCUT2D eigenvalue weighted by atomic mass is 10.2. The average molecular weight is 379 g/mol. The summed E-state index contributed by atoms with van der Waals surface area (Å²) in [5.41, 5.74) is 6.17. The van der Waals surface area contributed by atoms with Crippen LogP contribution in [0.2, 0.25) is 5.02 Å². The summed E-state index contributed by atoms with van der Waals surface area (Å²) >= 11 is 5.91. The molecule has 4 N–H and O–H groups in total. The van der Waals surface area contributed by atoms with Crippen LogP contribution in [0.1, 0.15) is 20.7 Å². The Morgan fingerprint density at radius 1 is 1.15 bits per heavy atom. The fourth-order valence-electron chi connectivity index (χ4n) is 2.02. The summed E-state index contributed by atoms with van der Waals surface area (Å²) in [6.07, 6.45) is 0. The SMILES string of the molecule is COc1ccc(C(=O)OCC(=O)Nc2cc(C(=O)O)ccc2Cl)cc1N. The molecule has 2 aromatic carbocycles. The van der Waals surface area contributed by atoms with Gasteiger partial charge in [-0.3, -0.25) is 4.79 Å². The minimum Gasteiger partial charge on any atom is -0.495 e. The molecular formula is C17H15ClN2O6. The van der Waals surface area contributed by atoms with Crippen LogP contribution in [0.15, 0.2) is 36.4 Å². The maximum Gasteiger partial charge on any atom is 0.338 e. The molecule has 0 radical (unpaired) electrons. The number of hydrogen-bond acceptors (Lipinski definition) is 6. The van der Waals surface area contributed by atoms with Crippen molar-refractivity contribution in [3.05, 3.63) is 52.5 Å². The van der Waals surface area contributed by atoms with Gasteiger partial charge in [0, 0.05) is 0 Å². The second-order valence-corrected chi connectivity index (χ2v) is 5.49. The van der Waals surface area contributed by atoms with E-state index in [1.165, 1.54) is 43.5 Å². The van der Waals surface area contributed by atoms with Crippen molar-refractivity contribution >= 4 is 40.8 Å². The molecule has 0 saturated carbocycles. The largest absolute Gasteiger partial charge is 0.495 e. The van der Waals surface area contributed by atoms with Gasteiger partial charge in [-0.15, -0.1) is 0 Å². The Morgan fingerprint density at radius 2 is 1.85 bits per heavy atom. The van der Waals surface area contributed by atoms with Crippen molar-refractivity contribution in [2.24, 2.45) is 0 Å². The standard InChI is InChI=1S/C17H15ClN2O6/c1-25-14-5-3-10(6-12(14)19)17(24)26-8-15(21)20-13-7-9(16(22)23)2-4-11(13)18/h2-7H,8,19H2,1H3,(H,20,21)(H,22,23). The maximum absolute atomic E-state index is 12.0.